The largest absolute Gasteiger partial charge is 0.507 e. The molecule has 3 aliphatic heterocycles. The number of rotatable bonds is 8. The molecule has 2 amide bonds. The number of hydrogen-bond donors (Lipinski definition) is 1. The fourth-order valence-electron chi connectivity index (χ4n) is 5.56. The quantitative estimate of drug-likeness (QED) is 0.249. The molecule has 0 aromatic heterocycles. The van der Waals surface area contributed by atoms with Gasteiger partial charge < -0.3 is 24.4 Å². The van der Waals surface area contributed by atoms with Crippen molar-refractivity contribution in [3.63, 3.8) is 0 Å². The molecule has 9 nitrogen and oxygen atoms in total. The summed E-state index contributed by atoms with van der Waals surface area (Å²) >= 11 is 0. The number of fused-ring (bicyclic) bond motifs is 2. The van der Waals surface area contributed by atoms with E-state index in [1.165, 1.54) is 9.80 Å². The van der Waals surface area contributed by atoms with Crippen molar-refractivity contribution in [1.29, 1.82) is 0 Å². The summed E-state index contributed by atoms with van der Waals surface area (Å²) in [5.74, 6) is -1.96. The smallest absolute Gasteiger partial charge is 0.296 e. The van der Waals surface area contributed by atoms with Gasteiger partial charge in [0.25, 0.3) is 17.6 Å². The molecule has 38 heavy (non-hydrogen) atoms. The number of Topliss-reactive ketones (excluding diaryl/α,β-unsaturated/α-hetero) is 1. The van der Waals surface area contributed by atoms with Gasteiger partial charge >= 0.3 is 0 Å². The molecule has 1 unspecified atom stereocenters. The number of ether oxygens (including phenoxy) is 2. The van der Waals surface area contributed by atoms with Gasteiger partial charge in [0.1, 0.15) is 11.5 Å². The van der Waals surface area contributed by atoms with Gasteiger partial charge in [-0.15, -0.1) is 6.58 Å². The molecule has 2 aromatic carbocycles. The number of aliphatic hydroxyl groups excluding tert-OH is 1. The van der Waals surface area contributed by atoms with E-state index >= 15 is 0 Å². The molecular weight excluding hydrogens is 486 g/mol. The van der Waals surface area contributed by atoms with Crippen LogP contribution in [0.25, 0.3) is 5.76 Å². The number of para-hydroxylation sites is 1. The number of ketones is 1. The Balaban J connectivity index is 1.68. The van der Waals surface area contributed by atoms with Crippen LogP contribution in [0, 0.1) is 0 Å². The van der Waals surface area contributed by atoms with Crippen LogP contribution < -0.4 is 9.64 Å². The molecule has 2 fully saturated rings. The van der Waals surface area contributed by atoms with Crippen LogP contribution >= 0.6 is 0 Å². The maximum Gasteiger partial charge on any atom is 0.296 e. The molecule has 3 aliphatic rings. The summed E-state index contributed by atoms with van der Waals surface area (Å²) in [6, 6.07) is 13.7. The lowest BCUT2D eigenvalue weighted by atomic mass is 9.82. The molecule has 0 bridgehead atoms. The lowest BCUT2D eigenvalue weighted by Crippen LogP contribution is -2.54. The predicted octanol–water partition coefficient (Wildman–Crippen LogP) is 2.53. The Morgan fingerprint density at radius 2 is 1.79 bits per heavy atom. The third-order valence-corrected chi connectivity index (χ3v) is 7.30. The van der Waals surface area contributed by atoms with Crippen molar-refractivity contribution < 1.29 is 29.0 Å². The highest BCUT2D eigenvalue weighted by atomic mass is 16.5. The number of morpholine rings is 1. The number of carbonyl (C=O) groups is 3. The van der Waals surface area contributed by atoms with Crippen molar-refractivity contribution in [1.82, 2.24) is 9.80 Å². The molecule has 2 saturated heterocycles. The summed E-state index contributed by atoms with van der Waals surface area (Å²) in [6.45, 7) is 9.45. The van der Waals surface area contributed by atoms with E-state index in [1.807, 2.05) is 6.92 Å². The first-order valence-electron chi connectivity index (χ1n) is 12.8. The zero-order valence-electron chi connectivity index (χ0n) is 21.4. The van der Waals surface area contributed by atoms with E-state index in [0.717, 1.165) is 0 Å². The van der Waals surface area contributed by atoms with Crippen LogP contribution in [0.4, 0.5) is 5.69 Å². The second-order valence-corrected chi connectivity index (χ2v) is 9.35. The first kappa shape index (κ1) is 25.7. The Bertz CT molecular complexity index is 1300. The van der Waals surface area contributed by atoms with Gasteiger partial charge in [0.15, 0.2) is 5.54 Å². The van der Waals surface area contributed by atoms with Gasteiger partial charge in [-0.3, -0.25) is 19.3 Å². The van der Waals surface area contributed by atoms with Gasteiger partial charge in [-0.1, -0.05) is 24.3 Å². The van der Waals surface area contributed by atoms with Gasteiger partial charge in [0.05, 0.1) is 31.1 Å². The summed E-state index contributed by atoms with van der Waals surface area (Å²) in [4.78, 5) is 46.6. The van der Waals surface area contributed by atoms with Gasteiger partial charge in [0, 0.05) is 43.9 Å². The van der Waals surface area contributed by atoms with Crippen LogP contribution in [0.1, 0.15) is 18.1 Å². The minimum Gasteiger partial charge on any atom is -0.507 e. The number of carbonyl (C=O) groups excluding carboxylic acids is 3. The van der Waals surface area contributed by atoms with E-state index in [0.29, 0.717) is 62.0 Å². The van der Waals surface area contributed by atoms with Crippen molar-refractivity contribution in [2.45, 2.75) is 12.5 Å². The highest BCUT2D eigenvalue weighted by Gasteiger charge is 2.66. The number of benzene rings is 2. The van der Waals surface area contributed by atoms with Gasteiger partial charge in [-0.25, -0.2) is 0 Å². The maximum atomic E-state index is 14.3. The minimum absolute atomic E-state index is 0.132. The van der Waals surface area contributed by atoms with Crippen molar-refractivity contribution >= 4 is 29.0 Å². The first-order chi connectivity index (χ1) is 18.4. The van der Waals surface area contributed by atoms with E-state index in [9.17, 15) is 19.5 Å². The van der Waals surface area contributed by atoms with E-state index in [1.54, 1.807) is 54.6 Å². The minimum atomic E-state index is -1.79. The molecule has 2 aromatic rings. The molecule has 0 saturated carbocycles. The number of anilines is 1. The van der Waals surface area contributed by atoms with Gasteiger partial charge in [0.2, 0.25) is 0 Å². The summed E-state index contributed by atoms with van der Waals surface area (Å²) in [5.41, 5.74) is -0.638. The summed E-state index contributed by atoms with van der Waals surface area (Å²) in [7, 11) is 0. The number of amides is 2. The molecule has 5 rings (SSSR count). The fraction of sp³-hybridized carbons (Fsp3) is 0.345. The van der Waals surface area contributed by atoms with Gasteiger partial charge in [-0.2, -0.15) is 0 Å². The highest BCUT2D eigenvalue weighted by Crippen LogP contribution is 2.53. The SMILES string of the molecule is C=CCN1C(=O)C2(/C(=C(\O)c3ccc(OCC)cc3)C(=O)C(=O)N2CCN2CCOCC2)c2ccccc21. The van der Waals surface area contributed by atoms with E-state index in [2.05, 4.69) is 11.5 Å². The third kappa shape index (κ3) is 3.99. The Morgan fingerprint density at radius 1 is 1.08 bits per heavy atom. The molecule has 0 radical (unpaired) electrons. The van der Waals surface area contributed by atoms with E-state index in [-0.39, 0.29) is 18.7 Å². The van der Waals surface area contributed by atoms with Crippen molar-refractivity contribution in [3.05, 3.63) is 77.9 Å². The van der Waals surface area contributed by atoms with Crippen molar-refractivity contribution in [2.24, 2.45) is 0 Å². The van der Waals surface area contributed by atoms with E-state index < -0.39 is 28.9 Å². The van der Waals surface area contributed by atoms with Crippen LogP contribution in [-0.2, 0) is 24.7 Å². The lowest BCUT2D eigenvalue weighted by molar-refractivity contribution is -0.144. The molecule has 198 valence electrons. The Labute approximate surface area is 221 Å². The number of nitrogens with zero attached hydrogens (tertiary/aromatic N) is 3. The second kappa shape index (κ2) is 10.4. The zero-order valence-corrected chi connectivity index (χ0v) is 21.4. The van der Waals surface area contributed by atoms with Crippen LogP contribution in [-0.4, -0.2) is 85.0 Å². The third-order valence-electron chi connectivity index (χ3n) is 7.30. The molecule has 0 aliphatic carbocycles. The average molecular weight is 518 g/mol. The molecule has 1 atom stereocenters. The average Bonchev–Trinajstić information content (AvgIpc) is 3.31. The molecule has 1 spiro atoms. The Hall–Kier alpha value is -3.95. The summed E-state index contributed by atoms with van der Waals surface area (Å²) in [6.07, 6.45) is 1.60. The van der Waals surface area contributed by atoms with Crippen molar-refractivity contribution in [2.75, 3.05) is 57.4 Å². The number of hydrogen-bond acceptors (Lipinski definition) is 7. The predicted molar refractivity (Wildman–Crippen MR) is 142 cm³/mol. The van der Waals surface area contributed by atoms with Crippen LogP contribution in [0.15, 0.2) is 66.8 Å². The second-order valence-electron chi connectivity index (χ2n) is 9.35. The fourth-order valence-corrected chi connectivity index (χ4v) is 5.56. The van der Waals surface area contributed by atoms with Crippen LogP contribution in [0.3, 0.4) is 0 Å². The maximum absolute atomic E-state index is 14.3. The Morgan fingerprint density at radius 3 is 2.47 bits per heavy atom. The van der Waals surface area contributed by atoms with Crippen molar-refractivity contribution in [3.8, 4) is 5.75 Å². The molecule has 1 N–H and O–H groups in total. The topological polar surface area (TPSA) is 99.6 Å². The highest BCUT2D eigenvalue weighted by molar-refractivity contribution is 6.50. The normalized spacial score (nSPS) is 22.8. The monoisotopic (exact) mass is 517 g/mol. The van der Waals surface area contributed by atoms with Crippen LogP contribution in [0.2, 0.25) is 0 Å². The summed E-state index contributed by atoms with van der Waals surface area (Å²) in [5, 5.41) is 11.6. The molecule has 3 heterocycles. The van der Waals surface area contributed by atoms with E-state index in [4.69, 9.17) is 9.47 Å². The summed E-state index contributed by atoms with van der Waals surface area (Å²) < 4.78 is 10.9. The molecular formula is C29H31N3O6. The lowest BCUT2D eigenvalue weighted by Gasteiger charge is -2.36. The first-order valence-corrected chi connectivity index (χ1v) is 12.8. The van der Waals surface area contributed by atoms with Crippen LogP contribution in [0.5, 0.6) is 5.75 Å². The Kier molecular flexibility index (Phi) is 7.05. The standard InChI is InChI=1S/C29H31N3O6/c1-3-13-31-23-8-6-5-7-22(23)29(28(31)36)24(25(33)20-9-11-21(12-10-20)38-4-2)26(34)27(35)32(29)15-14-30-16-18-37-19-17-30/h3,5-12,33H,1,4,13-19H2,2H3/b25-24-. The number of aliphatic hydroxyl groups is 1. The van der Waals surface area contributed by atoms with Gasteiger partial charge in [-0.05, 0) is 37.3 Å². The molecule has 9 heteroatoms. The number of likely N-dealkylation sites (tertiary alicyclic amines) is 1. The zero-order chi connectivity index (χ0) is 26.9.